The Morgan fingerprint density at radius 2 is 2.60 bits per heavy atom. The van der Waals surface area contributed by atoms with Crippen LogP contribution in [-0.4, -0.2) is 6.54 Å². The third kappa shape index (κ3) is 4.57. The molecule has 0 fully saturated rings. The number of hydrogen-bond donors (Lipinski definition) is 1. The second-order valence-corrected chi connectivity index (χ2v) is 1.94. The third-order valence-electron chi connectivity index (χ3n) is 0.246. The van der Waals surface area contributed by atoms with Crippen molar-refractivity contribution in [2.75, 3.05) is 6.54 Å². The van der Waals surface area contributed by atoms with Gasteiger partial charge >= 0.3 is 47.2 Å². The Morgan fingerprint density at radius 1 is 2.00 bits per heavy atom. The van der Waals surface area contributed by atoms with Crippen LogP contribution in [0.3, 0.4) is 0 Å². The van der Waals surface area contributed by atoms with Gasteiger partial charge in [-0.05, 0) is 0 Å². The second kappa shape index (κ2) is 4.57. The number of nitrogens with one attached hydrogen (secondary N) is 1. The minimum atomic E-state index is 0.965. The van der Waals surface area contributed by atoms with Crippen LogP contribution in [0.4, 0.5) is 0 Å². The first kappa shape index (κ1) is 5.57. The molecule has 1 N–H and O–H groups in total. The fourth-order valence-corrected chi connectivity index (χ4v) is 0.591. The molecule has 0 saturated carbocycles. The molecule has 0 heterocycles. The Kier molecular flexibility index (Phi) is 5.09. The van der Waals surface area contributed by atoms with Crippen LogP contribution >= 0.6 is 0 Å². The number of rotatable bonds is 2. The molecule has 0 aliphatic rings. The molecule has 27 valence electrons. The van der Waals surface area contributed by atoms with E-state index in [1.807, 2.05) is 6.08 Å². The molecule has 0 unspecified atom stereocenters. The molecule has 0 spiro atoms. The van der Waals surface area contributed by atoms with Crippen molar-refractivity contribution in [1.82, 2.24) is 3.30 Å². The van der Waals surface area contributed by atoms with Gasteiger partial charge in [-0.1, -0.05) is 0 Å². The first-order valence-electron chi connectivity index (χ1n) is 1.42. The van der Waals surface area contributed by atoms with Crippen molar-refractivity contribution >= 4 is 0 Å². The molecule has 5 heavy (non-hydrogen) atoms. The predicted octanol–water partition coefficient (Wildman–Crippen LogP) is 0.224. The molecule has 0 aliphatic heterocycles. The standard InChI is InChI=1S/C3H6N.Hf/c1-2-3-4;/h2,4H,1,3H2;/q-1;+1. The van der Waals surface area contributed by atoms with Gasteiger partial charge in [0.05, 0.1) is 0 Å². The van der Waals surface area contributed by atoms with Crippen LogP contribution in [0.5, 0.6) is 0 Å². The quantitative estimate of drug-likeness (QED) is 0.533. The maximum absolute atomic E-state index is 3.51. The minimum absolute atomic E-state index is 0.965. The van der Waals surface area contributed by atoms with Crippen LogP contribution in [0, 0.1) is 0 Å². The molecule has 0 bridgehead atoms. The Bertz CT molecular complexity index is 28.1. The van der Waals surface area contributed by atoms with Gasteiger partial charge in [0.2, 0.25) is 0 Å². The maximum atomic E-state index is 3.51. The van der Waals surface area contributed by atoms with Crippen molar-refractivity contribution in [1.29, 1.82) is 0 Å². The molecule has 0 aromatic carbocycles. The summed E-state index contributed by atoms with van der Waals surface area (Å²) in [6, 6.07) is 0. The van der Waals surface area contributed by atoms with Crippen molar-refractivity contribution < 1.29 is 24.7 Å². The van der Waals surface area contributed by atoms with E-state index in [4.69, 9.17) is 0 Å². The van der Waals surface area contributed by atoms with Crippen LogP contribution in [0.15, 0.2) is 12.7 Å². The summed E-state index contributed by atoms with van der Waals surface area (Å²) >= 11 is 1.08. The van der Waals surface area contributed by atoms with Gasteiger partial charge in [0.1, 0.15) is 0 Å². The summed E-state index contributed by atoms with van der Waals surface area (Å²) in [6.45, 7) is 4.47. The summed E-state index contributed by atoms with van der Waals surface area (Å²) in [5.41, 5.74) is 0. The van der Waals surface area contributed by atoms with E-state index in [1.165, 1.54) is 0 Å². The van der Waals surface area contributed by atoms with Crippen LogP contribution < -0.4 is 3.30 Å². The molecule has 0 amide bonds. The summed E-state index contributed by atoms with van der Waals surface area (Å²) in [6.07, 6.45) is 1.85. The van der Waals surface area contributed by atoms with E-state index < -0.39 is 0 Å². The van der Waals surface area contributed by atoms with E-state index in [2.05, 4.69) is 9.88 Å². The van der Waals surface area contributed by atoms with E-state index in [0.29, 0.717) is 0 Å². The van der Waals surface area contributed by atoms with E-state index in [0.717, 1.165) is 31.2 Å². The fraction of sp³-hybridized carbons (Fsp3) is 0.333. The van der Waals surface area contributed by atoms with Crippen LogP contribution in [0.1, 0.15) is 0 Å². The molecular weight excluding hydrogens is 229 g/mol. The SMILES string of the molecule is C=CC[NH][Hf]. The Morgan fingerprint density at radius 3 is 2.60 bits per heavy atom. The van der Waals surface area contributed by atoms with Gasteiger partial charge in [-0.3, -0.25) is 0 Å². The van der Waals surface area contributed by atoms with Crippen molar-refractivity contribution in [3.8, 4) is 0 Å². The van der Waals surface area contributed by atoms with Gasteiger partial charge in [0.15, 0.2) is 0 Å². The molecule has 1 nitrogen and oxygen atoms in total. The first-order chi connectivity index (χ1) is 2.41. The van der Waals surface area contributed by atoms with Gasteiger partial charge in [0, 0.05) is 0 Å². The van der Waals surface area contributed by atoms with Gasteiger partial charge in [-0.15, -0.1) is 0 Å². The Balaban J connectivity index is 2.40. The molecule has 0 atom stereocenters. The summed E-state index contributed by atoms with van der Waals surface area (Å²) in [7, 11) is 0. The van der Waals surface area contributed by atoms with Crippen molar-refractivity contribution in [2.45, 2.75) is 0 Å². The Labute approximate surface area is 47.4 Å². The normalized spacial score (nSPS) is 7.00. The molecule has 0 saturated heterocycles. The van der Waals surface area contributed by atoms with Gasteiger partial charge in [-0.25, -0.2) is 0 Å². The zero-order valence-corrected chi connectivity index (χ0v) is 6.58. The third-order valence-corrected chi connectivity index (χ3v) is 0.980. The fourth-order valence-electron chi connectivity index (χ4n) is 0.0722. The van der Waals surface area contributed by atoms with E-state index in [9.17, 15) is 0 Å². The summed E-state index contributed by atoms with van der Waals surface area (Å²) in [5.74, 6) is 0. The second-order valence-electron chi connectivity index (χ2n) is 0.670. The average Bonchev–Trinajstić information content (AvgIpc) is 1.41. The van der Waals surface area contributed by atoms with E-state index in [-0.39, 0.29) is 0 Å². The van der Waals surface area contributed by atoms with Crippen molar-refractivity contribution in [2.24, 2.45) is 0 Å². The molecule has 0 aliphatic carbocycles. The molecular formula is C3H6HfN. The molecule has 2 heteroatoms. The zero-order valence-electron chi connectivity index (χ0n) is 2.99. The van der Waals surface area contributed by atoms with Gasteiger partial charge in [-0.2, -0.15) is 0 Å². The van der Waals surface area contributed by atoms with Crippen molar-refractivity contribution in [3.63, 3.8) is 0 Å². The van der Waals surface area contributed by atoms with Crippen LogP contribution in [-0.2, 0) is 24.7 Å². The van der Waals surface area contributed by atoms with Crippen LogP contribution in [0.2, 0.25) is 0 Å². The molecule has 0 radical (unpaired) electrons. The van der Waals surface area contributed by atoms with E-state index in [1.54, 1.807) is 0 Å². The number of hydrogen-bond acceptors (Lipinski definition) is 1. The van der Waals surface area contributed by atoms with Gasteiger partial charge in [0.25, 0.3) is 0 Å². The first-order valence-corrected chi connectivity index (χ1v) is 3.22. The summed E-state index contributed by atoms with van der Waals surface area (Å²) < 4.78 is 3.04. The molecule has 0 aromatic rings. The van der Waals surface area contributed by atoms with Crippen LogP contribution in [0.25, 0.3) is 0 Å². The monoisotopic (exact) mass is 236 g/mol. The van der Waals surface area contributed by atoms with E-state index >= 15 is 0 Å². The van der Waals surface area contributed by atoms with Gasteiger partial charge < -0.3 is 0 Å². The summed E-state index contributed by atoms with van der Waals surface area (Å²) in [5, 5.41) is 0. The average molecular weight is 235 g/mol. The van der Waals surface area contributed by atoms with Crippen molar-refractivity contribution in [3.05, 3.63) is 12.7 Å². The topological polar surface area (TPSA) is 12.0 Å². The molecule has 0 aromatic heterocycles. The molecule has 0 rings (SSSR count). The zero-order chi connectivity index (χ0) is 4.12. The predicted molar refractivity (Wildman–Crippen MR) is 18.2 cm³/mol. The Hall–Kier alpha value is 0.570. The summed E-state index contributed by atoms with van der Waals surface area (Å²) in [4.78, 5) is 0.